The standard InChI is InChI=1S/C17H18F2O/c1-4-20-14-8-5-12(6-9-14)17(2,3)13-7-10-15(18)16(19)11-13/h5-11H,4H2,1-3H3. The summed E-state index contributed by atoms with van der Waals surface area (Å²) in [5.74, 6) is -0.838. The zero-order valence-electron chi connectivity index (χ0n) is 11.9. The Morgan fingerprint density at radius 3 is 2.05 bits per heavy atom. The van der Waals surface area contributed by atoms with E-state index in [4.69, 9.17) is 4.74 Å². The van der Waals surface area contributed by atoms with E-state index < -0.39 is 17.0 Å². The molecule has 0 saturated heterocycles. The Balaban J connectivity index is 2.35. The zero-order chi connectivity index (χ0) is 14.8. The molecule has 20 heavy (non-hydrogen) atoms. The molecular formula is C17H18F2O. The predicted molar refractivity (Wildman–Crippen MR) is 76.1 cm³/mol. The Labute approximate surface area is 118 Å². The van der Waals surface area contributed by atoms with Crippen LogP contribution in [0, 0.1) is 11.6 Å². The maximum absolute atomic E-state index is 13.4. The highest BCUT2D eigenvalue weighted by Crippen LogP contribution is 2.33. The quantitative estimate of drug-likeness (QED) is 0.787. The molecule has 106 valence electrons. The minimum Gasteiger partial charge on any atom is -0.494 e. The van der Waals surface area contributed by atoms with E-state index in [2.05, 4.69) is 0 Å². The predicted octanol–water partition coefficient (Wildman–Crippen LogP) is 4.69. The Kier molecular flexibility index (Phi) is 4.07. The van der Waals surface area contributed by atoms with E-state index in [1.807, 2.05) is 45.0 Å². The summed E-state index contributed by atoms with van der Waals surface area (Å²) in [5, 5.41) is 0. The highest BCUT2D eigenvalue weighted by atomic mass is 19.2. The lowest BCUT2D eigenvalue weighted by atomic mass is 9.78. The molecular weight excluding hydrogens is 258 g/mol. The van der Waals surface area contributed by atoms with Crippen LogP contribution in [0.2, 0.25) is 0 Å². The van der Waals surface area contributed by atoms with Crippen LogP contribution in [0.5, 0.6) is 5.75 Å². The summed E-state index contributed by atoms with van der Waals surface area (Å²) < 4.78 is 31.8. The van der Waals surface area contributed by atoms with E-state index in [0.717, 1.165) is 16.9 Å². The van der Waals surface area contributed by atoms with E-state index in [1.165, 1.54) is 12.1 Å². The van der Waals surface area contributed by atoms with E-state index >= 15 is 0 Å². The van der Waals surface area contributed by atoms with Crippen LogP contribution >= 0.6 is 0 Å². The second-order valence-electron chi connectivity index (χ2n) is 5.21. The van der Waals surface area contributed by atoms with Crippen LogP contribution in [0.25, 0.3) is 0 Å². The molecule has 0 aliphatic carbocycles. The van der Waals surface area contributed by atoms with Gasteiger partial charge in [0, 0.05) is 5.41 Å². The molecule has 0 heterocycles. The SMILES string of the molecule is CCOc1ccc(C(C)(C)c2ccc(F)c(F)c2)cc1. The fourth-order valence-electron chi connectivity index (χ4n) is 2.19. The summed E-state index contributed by atoms with van der Waals surface area (Å²) >= 11 is 0. The minimum absolute atomic E-state index is 0.403. The Morgan fingerprint density at radius 2 is 1.50 bits per heavy atom. The number of benzene rings is 2. The van der Waals surface area contributed by atoms with Crippen molar-refractivity contribution >= 4 is 0 Å². The van der Waals surface area contributed by atoms with Crippen molar-refractivity contribution in [1.29, 1.82) is 0 Å². The lowest BCUT2D eigenvalue weighted by Gasteiger charge is -2.26. The van der Waals surface area contributed by atoms with Crippen molar-refractivity contribution in [2.24, 2.45) is 0 Å². The van der Waals surface area contributed by atoms with Gasteiger partial charge in [-0.1, -0.05) is 32.0 Å². The number of halogens is 2. The molecule has 0 unspecified atom stereocenters. The van der Waals surface area contributed by atoms with Crippen LogP contribution < -0.4 is 4.74 Å². The van der Waals surface area contributed by atoms with E-state index in [-0.39, 0.29) is 0 Å². The van der Waals surface area contributed by atoms with Crippen LogP contribution in [-0.2, 0) is 5.41 Å². The summed E-state index contributed by atoms with van der Waals surface area (Å²) in [6, 6.07) is 11.7. The van der Waals surface area contributed by atoms with Gasteiger partial charge in [-0.2, -0.15) is 0 Å². The molecule has 2 aromatic rings. The first-order chi connectivity index (χ1) is 9.45. The lowest BCUT2D eigenvalue weighted by Crippen LogP contribution is -2.19. The number of rotatable bonds is 4. The molecule has 0 aromatic heterocycles. The molecule has 0 fully saturated rings. The van der Waals surface area contributed by atoms with Gasteiger partial charge in [0.05, 0.1) is 6.61 Å². The van der Waals surface area contributed by atoms with E-state index in [9.17, 15) is 8.78 Å². The van der Waals surface area contributed by atoms with Gasteiger partial charge in [0.15, 0.2) is 11.6 Å². The highest BCUT2D eigenvalue weighted by Gasteiger charge is 2.24. The van der Waals surface area contributed by atoms with Gasteiger partial charge >= 0.3 is 0 Å². The summed E-state index contributed by atoms with van der Waals surface area (Å²) in [7, 11) is 0. The molecule has 3 heteroatoms. The third-order valence-corrected chi connectivity index (χ3v) is 3.53. The molecule has 0 spiro atoms. The van der Waals surface area contributed by atoms with Crippen molar-refractivity contribution in [3.8, 4) is 5.75 Å². The van der Waals surface area contributed by atoms with Gasteiger partial charge in [-0.05, 0) is 42.3 Å². The van der Waals surface area contributed by atoms with Gasteiger partial charge < -0.3 is 4.74 Å². The average molecular weight is 276 g/mol. The molecule has 0 amide bonds. The Hall–Kier alpha value is -1.90. The summed E-state index contributed by atoms with van der Waals surface area (Å²) in [5.41, 5.74) is 1.35. The third kappa shape index (κ3) is 2.82. The van der Waals surface area contributed by atoms with Crippen LogP contribution in [0.4, 0.5) is 8.78 Å². The van der Waals surface area contributed by atoms with Crippen molar-refractivity contribution in [1.82, 2.24) is 0 Å². The van der Waals surface area contributed by atoms with E-state index in [1.54, 1.807) is 6.07 Å². The molecule has 0 saturated carbocycles. The summed E-state index contributed by atoms with van der Waals surface area (Å²) in [6.45, 7) is 6.51. The molecule has 0 aliphatic rings. The number of hydrogen-bond donors (Lipinski definition) is 0. The minimum atomic E-state index is -0.823. The fraction of sp³-hybridized carbons (Fsp3) is 0.294. The molecule has 0 bridgehead atoms. The van der Waals surface area contributed by atoms with Crippen molar-refractivity contribution in [3.05, 3.63) is 65.2 Å². The smallest absolute Gasteiger partial charge is 0.159 e. The van der Waals surface area contributed by atoms with Crippen LogP contribution in [0.1, 0.15) is 31.9 Å². The molecule has 1 nitrogen and oxygen atoms in total. The van der Waals surface area contributed by atoms with Crippen LogP contribution in [-0.4, -0.2) is 6.61 Å². The summed E-state index contributed by atoms with van der Waals surface area (Å²) in [6.07, 6.45) is 0. The van der Waals surface area contributed by atoms with Gasteiger partial charge in [-0.3, -0.25) is 0 Å². The van der Waals surface area contributed by atoms with Gasteiger partial charge in [0.1, 0.15) is 5.75 Å². The van der Waals surface area contributed by atoms with Crippen LogP contribution in [0.3, 0.4) is 0 Å². The van der Waals surface area contributed by atoms with Gasteiger partial charge in [-0.15, -0.1) is 0 Å². The number of ether oxygens (including phenoxy) is 1. The lowest BCUT2D eigenvalue weighted by molar-refractivity contribution is 0.340. The highest BCUT2D eigenvalue weighted by molar-refractivity contribution is 5.40. The molecule has 0 aliphatic heterocycles. The largest absolute Gasteiger partial charge is 0.494 e. The van der Waals surface area contributed by atoms with E-state index in [0.29, 0.717) is 6.61 Å². The first-order valence-electron chi connectivity index (χ1n) is 6.64. The summed E-state index contributed by atoms with van der Waals surface area (Å²) in [4.78, 5) is 0. The zero-order valence-corrected chi connectivity index (χ0v) is 11.9. The molecule has 0 atom stereocenters. The van der Waals surface area contributed by atoms with Crippen LogP contribution in [0.15, 0.2) is 42.5 Å². The average Bonchev–Trinajstić information content (AvgIpc) is 2.43. The second kappa shape index (κ2) is 5.61. The second-order valence-corrected chi connectivity index (χ2v) is 5.21. The van der Waals surface area contributed by atoms with Crippen molar-refractivity contribution < 1.29 is 13.5 Å². The molecule has 2 rings (SSSR count). The Morgan fingerprint density at radius 1 is 0.900 bits per heavy atom. The van der Waals surface area contributed by atoms with Crippen molar-refractivity contribution in [2.75, 3.05) is 6.61 Å². The first-order valence-corrected chi connectivity index (χ1v) is 6.64. The van der Waals surface area contributed by atoms with Gasteiger partial charge in [-0.25, -0.2) is 8.78 Å². The van der Waals surface area contributed by atoms with Gasteiger partial charge in [0.25, 0.3) is 0 Å². The normalized spacial score (nSPS) is 11.4. The molecule has 0 N–H and O–H groups in total. The maximum atomic E-state index is 13.4. The molecule has 0 radical (unpaired) electrons. The Bertz CT molecular complexity index is 588. The topological polar surface area (TPSA) is 9.23 Å². The third-order valence-electron chi connectivity index (χ3n) is 3.53. The van der Waals surface area contributed by atoms with Crippen molar-refractivity contribution in [3.63, 3.8) is 0 Å². The van der Waals surface area contributed by atoms with Crippen molar-refractivity contribution in [2.45, 2.75) is 26.2 Å². The number of hydrogen-bond acceptors (Lipinski definition) is 1. The van der Waals surface area contributed by atoms with Gasteiger partial charge in [0.2, 0.25) is 0 Å². The fourth-order valence-corrected chi connectivity index (χ4v) is 2.19. The monoisotopic (exact) mass is 276 g/mol. The molecule has 2 aromatic carbocycles. The first kappa shape index (κ1) is 14.5. The maximum Gasteiger partial charge on any atom is 0.159 e.